The molecule has 0 aliphatic rings. The number of imidazole rings is 2. The highest BCUT2D eigenvalue weighted by molar-refractivity contribution is 6.06. The van der Waals surface area contributed by atoms with Crippen molar-refractivity contribution in [3.8, 4) is 0 Å². The van der Waals surface area contributed by atoms with E-state index in [0.717, 1.165) is 39.0 Å². The highest BCUT2D eigenvalue weighted by Gasteiger charge is 2.21. The van der Waals surface area contributed by atoms with Gasteiger partial charge in [0.25, 0.3) is 0 Å². The Morgan fingerprint density at radius 1 is 1.00 bits per heavy atom. The zero-order valence-corrected chi connectivity index (χ0v) is 14.1. The average Bonchev–Trinajstić information content (AvgIpc) is 3.26. The molecule has 0 aliphatic carbocycles. The Labute approximate surface area is 144 Å². The van der Waals surface area contributed by atoms with E-state index in [9.17, 15) is 0 Å². The van der Waals surface area contributed by atoms with Gasteiger partial charge in [0.1, 0.15) is 11.1 Å². The maximum atomic E-state index is 5.99. The minimum Gasteiger partial charge on any atom is -0.436 e. The van der Waals surface area contributed by atoms with E-state index in [1.165, 1.54) is 0 Å². The zero-order valence-electron chi connectivity index (χ0n) is 14.1. The smallest absolute Gasteiger partial charge is 0.248 e. The number of benzene rings is 2. The number of rotatable bonds is 2. The molecule has 0 radical (unpaired) electrons. The normalized spacial score (nSPS) is 13.3. The summed E-state index contributed by atoms with van der Waals surface area (Å²) in [6.07, 6.45) is 6.24. The van der Waals surface area contributed by atoms with Crippen molar-refractivity contribution in [2.45, 2.75) is 13.8 Å². The van der Waals surface area contributed by atoms with E-state index < -0.39 is 0 Å². The van der Waals surface area contributed by atoms with Crippen molar-refractivity contribution in [3.05, 3.63) is 66.8 Å². The van der Waals surface area contributed by atoms with Gasteiger partial charge in [-0.25, -0.2) is 0 Å². The van der Waals surface area contributed by atoms with E-state index in [1.54, 1.807) is 0 Å². The average molecular weight is 327 g/mol. The van der Waals surface area contributed by atoms with Crippen LogP contribution in [-0.2, 0) is 0 Å². The van der Waals surface area contributed by atoms with E-state index in [4.69, 9.17) is 9.40 Å². The summed E-state index contributed by atoms with van der Waals surface area (Å²) >= 11 is 0. The van der Waals surface area contributed by atoms with Crippen LogP contribution < -0.4 is 0 Å². The van der Waals surface area contributed by atoms with Crippen molar-refractivity contribution in [3.63, 3.8) is 0 Å². The Bertz CT molecular complexity index is 1310. The molecule has 0 unspecified atom stereocenters. The van der Waals surface area contributed by atoms with E-state index in [-0.39, 0.29) is 0 Å². The highest BCUT2D eigenvalue weighted by Crippen LogP contribution is 2.34. The molecule has 4 nitrogen and oxygen atoms in total. The molecule has 0 atom stereocenters. The summed E-state index contributed by atoms with van der Waals surface area (Å²) < 4.78 is 10.4. The number of furan rings is 1. The number of aromatic nitrogens is 3. The maximum Gasteiger partial charge on any atom is 0.248 e. The van der Waals surface area contributed by atoms with Gasteiger partial charge in [0, 0.05) is 11.1 Å². The number of fused-ring (bicyclic) bond motifs is 7. The van der Waals surface area contributed by atoms with Gasteiger partial charge in [-0.05, 0) is 44.2 Å². The lowest BCUT2D eigenvalue weighted by Crippen LogP contribution is -1.95. The largest absolute Gasteiger partial charge is 0.436 e. The van der Waals surface area contributed by atoms with E-state index >= 15 is 0 Å². The molecule has 3 heterocycles. The van der Waals surface area contributed by atoms with Crippen LogP contribution in [0.2, 0.25) is 0 Å². The number of nitrogens with zero attached hydrogens (tertiary/aromatic N) is 3. The van der Waals surface area contributed by atoms with E-state index in [0.29, 0.717) is 5.71 Å². The summed E-state index contributed by atoms with van der Waals surface area (Å²) in [4.78, 5) is 4.83. The number of allylic oxidation sites excluding steroid dienone is 4. The summed E-state index contributed by atoms with van der Waals surface area (Å²) in [5, 5.41) is 1.08. The standard InChI is InChI=1S/C21H17N3O/c1-3-9-14(4-2)23-16-11-6-7-12-17(16)24-19-15-10-5-8-13-18(15)25-20(19)22-21(23)24/h3-13H,1-2H3/b9-3-,14-4+. The van der Waals surface area contributed by atoms with Gasteiger partial charge in [-0.3, -0.25) is 8.97 Å². The van der Waals surface area contributed by atoms with E-state index in [1.807, 2.05) is 38.1 Å². The molecule has 0 bridgehead atoms. The van der Waals surface area contributed by atoms with Crippen LogP contribution in [0.15, 0.2) is 71.2 Å². The first kappa shape index (κ1) is 14.1. The Morgan fingerprint density at radius 2 is 1.76 bits per heavy atom. The molecule has 0 saturated carbocycles. The lowest BCUT2D eigenvalue weighted by molar-refractivity contribution is 0.656. The molecule has 0 spiro atoms. The van der Waals surface area contributed by atoms with Gasteiger partial charge in [0.2, 0.25) is 11.5 Å². The molecular formula is C21H17N3O. The van der Waals surface area contributed by atoms with Gasteiger partial charge < -0.3 is 4.42 Å². The van der Waals surface area contributed by atoms with Crippen LogP contribution in [0.1, 0.15) is 13.8 Å². The fraction of sp³-hybridized carbons (Fsp3) is 0.0952. The maximum absolute atomic E-state index is 5.99. The molecule has 4 heteroatoms. The third-order valence-corrected chi connectivity index (χ3v) is 4.63. The Balaban J connectivity index is 2.05. The number of para-hydroxylation sites is 3. The molecule has 0 aliphatic heterocycles. The molecule has 122 valence electrons. The third-order valence-electron chi connectivity index (χ3n) is 4.63. The van der Waals surface area contributed by atoms with Gasteiger partial charge in [0.05, 0.1) is 11.0 Å². The second-order valence-corrected chi connectivity index (χ2v) is 6.04. The van der Waals surface area contributed by atoms with Crippen LogP contribution in [0.5, 0.6) is 0 Å². The van der Waals surface area contributed by atoms with Crippen molar-refractivity contribution in [2.24, 2.45) is 0 Å². The lowest BCUT2D eigenvalue weighted by atomic mass is 10.2. The SMILES string of the molecule is C/C=C\C(=C/C)n1c2ccccc2n2c3c(nc12)oc1ccccc13. The minimum absolute atomic E-state index is 0.673. The summed E-state index contributed by atoms with van der Waals surface area (Å²) in [5.74, 6) is 0.868. The molecule has 25 heavy (non-hydrogen) atoms. The van der Waals surface area contributed by atoms with Gasteiger partial charge in [-0.15, -0.1) is 0 Å². The molecule has 3 aromatic heterocycles. The molecule has 2 aromatic carbocycles. The topological polar surface area (TPSA) is 35.4 Å². The Morgan fingerprint density at radius 3 is 2.56 bits per heavy atom. The molecule has 0 N–H and O–H groups in total. The minimum atomic E-state index is 0.673. The van der Waals surface area contributed by atoms with Crippen molar-refractivity contribution < 1.29 is 4.42 Å². The monoisotopic (exact) mass is 327 g/mol. The molecule has 0 saturated heterocycles. The highest BCUT2D eigenvalue weighted by atomic mass is 16.3. The van der Waals surface area contributed by atoms with Crippen molar-refractivity contribution >= 4 is 44.7 Å². The summed E-state index contributed by atoms with van der Waals surface area (Å²) in [6, 6.07) is 16.5. The van der Waals surface area contributed by atoms with Crippen molar-refractivity contribution in [2.75, 3.05) is 0 Å². The first-order valence-electron chi connectivity index (χ1n) is 8.42. The Kier molecular flexibility index (Phi) is 2.88. The number of hydrogen-bond donors (Lipinski definition) is 0. The van der Waals surface area contributed by atoms with Crippen LogP contribution in [0.25, 0.3) is 44.7 Å². The van der Waals surface area contributed by atoms with Crippen LogP contribution in [0.3, 0.4) is 0 Å². The van der Waals surface area contributed by atoms with Gasteiger partial charge in [0.15, 0.2) is 0 Å². The summed E-state index contributed by atoms with van der Waals surface area (Å²) in [6.45, 7) is 4.07. The first-order chi connectivity index (χ1) is 12.3. The second kappa shape index (κ2) is 5.11. The van der Waals surface area contributed by atoms with Crippen molar-refractivity contribution in [1.29, 1.82) is 0 Å². The van der Waals surface area contributed by atoms with Gasteiger partial charge in [-0.1, -0.05) is 36.4 Å². The fourth-order valence-corrected chi connectivity index (χ4v) is 3.61. The molecule has 5 aromatic rings. The quantitative estimate of drug-likeness (QED) is 0.394. The summed E-state index contributed by atoms with van der Waals surface area (Å²) in [5.41, 5.74) is 5.90. The second-order valence-electron chi connectivity index (χ2n) is 6.04. The molecule has 0 amide bonds. The lowest BCUT2D eigenvalue weighted by Gasteiger charge is -2.05. The first-order valence-corrected chi connectivity index (χ1v) is 8.42. The van der Waals surface area contributed by atoms with Crippen LogP contribution >= 0.6 is 0 Å². The Hall–Kier alpha value is -3.27. The number of hydrogen-bond acceptors (Lipinski definition) is 2. The van der Waals surface area contributed by atoms with Gasteiger partial charge in [-0.2, -0.15) is 4.98 Å². The predicted octanol–water partition coefficient (Wildman–Crippen LogP) is 5.63. The molecule has 5 rings (SSSR count). The predicted molar refractivity (Wildman–Crippen MR) is 103 cm³/mol. The third kappa shape index (κ3) is 1.79. The van der Waals surface area contributed by atoms with Crippen molar-refractivity contribution in [1.82, 2.24) is 14.0 Å². The van der Waals surface area contributed by atoms with Crippen LogP contribution in [0, 0.1) is 0 Å². The van der Waals surface area contributed by atoms with Gasteiger partial charge >= 0.3 is 0 Å². The summed E-state index contributed by atoms with van der Waals surface area (Å²) in [7, 11) is 0. The molecular weight excluding hydrogens is 310 g/mol. The van der Waals surface area contributed by atoms with E-state index in [2.05, 4.69) is 51.5 Å². The van der Waals surface area contributed by atoms with Crippen LogP contribution in [0.4, 0.5) is 0 Å². The fourth-order valence-electron chi connectivity index (χ4n) is 3.61. The van der Waals surface area contributed by atoms with Crippen LogP contribution in [-0.4, -0.2) is 14.0 Å². The molecule has 0 fully saturated rings. The zero-order chi connectivity index (χ0) is 17.0.